The Morgan fingerprint density at radius 2 is 1.79 bits per heavy atom. The summed E-state index contributed by atoms with van der Waals surface area (Å²) < 4.78 is 24.8. The van der Waals surface area contributed by atoms with Gasteiger partial charge in [0.2, 0.25) is 0 Å². The molecule has 0 aliphatic heterocycles. The Labute approximate surface area is 116 Å². The molecule has 1 unspecified atom stereocenters. The first-order valence-electron chi connectivity index (χ1n) is 6.23. The zero-order valence-corrected chi connectivity index (χ0v) is 11.8. The third-order valence-corrected chi connectivity index (χ3v) is 4.22. The first-order chi connectivity index (χ1) is 9.06. The summed E-state index contributed by atoms with van der Waals surface area (Å²) >= 11 is 1.78. The van der Waals surface area contributed by atoms with E-state index in [2.05, 4.69) is 31.3 Å². The SMILES string of the molecule is Cc1ccc(C(C)NCc2ccc(C(F)F)cc2)s1. The van der Waals surface area contributed by atoms with E-state index in [0.29, 0.717) is 6.54 Å². The van der Waals surface area contributed by atoms with Gasteiger partial charge in [-0.25, -0.2) is 8.78 Å². The highest BCUT2D eigenvalue weighted by molar-refractivity contribution is 7.12. The molecule has 0 bridgehead atoms. The van der Waals surface area contributed by atoms with Crippen molar-refractivity contribution in [1.29, 1.82) is 0 Å². The largest absolute Gasteiger partial charge is 0.305 e. The summed E-state index contributed by atoms with van der Waals surface area (Å²) in [7, 11) is 0. The molecule has 1 atom stereocenters. The summed E-state index contributed by atoms with van der Waals surface area (Å²) in [5, 5.41) is 3.40. The fourth-order valence-corrected chi connectivity index (χ4v) is 2.74. The number of benzene rings is 1. The average Bonchev–Trinajstić information content (AvgIpc) is 2.83. The Morgan fingerprint density at radius 3 is 2.32 bits per heavy atom. The Hall–Kier alpha value is -1.26. The molecule has 4 heteroatoms. The molecule has 0 aliphatic carbocycles. The Balaban J connectivity index is 1.91. The summed E-state index contributed by atoms with van der Waals surface area (Å²) in [6, 6.07) is 11.0. The number of alkyl halides is 2. The number of thiophene rings is 1. The molecule has 0 radical (unpaired) electrons. The van der Waals surface area contributed by atoms with Gasteiger partial charge in [0.15, 0.2) is 0 Å². The second kappa shape index (κ2) is 6.26. The molecule has 102 valence electrons. The quantitative estimate of drug-likeness (QED) is 0.826. The maximum atomic E-state index is 12.4. The van der Waals surface area contributed by atoms with E-state index in [1.54, 1.807) is 23.5 Å². The van der Waals surface area contributed by atoms with E-state index >= 15 is 0 Å². The van der Waals surface area contributed by atoms with Crippen molar-refractivity contribution >= 4 is 11.3 Å². The van der Waals surface area contributed by atoms with Gasteiger partial charge in [-0.05, 0) is 31.5 Å². The van der Waals surface area contributed by atoms with Gasteiger partial charge in [-0.1, -0.05) is 24.3 Å². The van der Waals surface area contributed by atoms with E-state index in [1.165, 1.54) is 21.9 Å². The molecule has 1 heterocycles. The van der Waals surface area contributed by atoms with Gasteiger partial charge < -0.3 is 5.32 Å². The van der Waals surface area contributed by atoms with Crippen molar-refractivity contribution in [2.24, 2.45) is 0 Å². The van der Waals surface area contributed by atoms with Crippen LogP contribution in [0.5, 0.6) is 0 Å². The van der Waals surface area contributed by atoms with Crippen LogP contribution in [0.2, 0.25) is 0 Å². The molecule has 0 amide bonds. The molecule has 1 aromatic carbocycles. The number of rotatable bonds is 5. The summed E-state index contributed by atoms with van der Waals surface area (Å²) in [5.74, 6) is 0. The van der Waals surface area contributed by atoms with E-state index in [9.17, 15) is 8.78 Å². The van der Waals surface area contributed by atoms with E-state index in [-0.39, 0.29) is 11.6 Å². The molecule has 2 aromatic rings. The van der Waals surface area contributed by atoms with Crippen LogP contribution in [0.4, 0.5) is 8.78 Å². The van der Waals surface area contributed by atoms with Crippen molar-refractivity contribution in [3.8, 4) is 0 Å². The molecular weight excluding hydrogens is 264 g/mol. The van der Waals surface area contributed by atoms with Crippen LogP contribution in [0.25, 0.3) is 0 Å². The van der Waals surface area contributed by atoms with Crippen LogP contribution in [0, 0.1) is 6.92 Å². The Morgan fingerprint density at radius 1 is 1.11 bits per heavy atom. The molecule has 19 heavy (non-hydrogen) atoms. The normalized spacial score (nSPS) is 12.9. The van der Waals surface area contributed by atoms with Gasteiger partial charge >= 0.3 is 0 Å². The van der Waals surface area contributed by atoms with Gasteiger partial charge in [-0.3, -0.25) is 0 Å². The predicted octanol–water partition coefficient (Wildman–Crippen LogP) is 4.84. The van der Waals surface area contributed by atoms with Gasteiger partial charge in [0.05, 0.1) is 0 Å². The van der Waals surface area contributed by atoms with Crippen LogP contribution in [0.1, 0.15) is 40.3 Å². The highest BCUT2D eigenvalue weighted by Crippen LogP contribution is 2.23. The van der Waals surface area contributed by atoms with Crippen molar-refractivity contribution in [2.45, 2.75) is 32.9 Å². The summed E-state index contributed by atoms with van der Waals surface area (Å²) in [6.07, 6.45) is -2.39. The molecule has 0 saturated carbocycles. The van der Waals surface area contributed by atoms with Gasteiger partial charge in [0.1, 0.15) is 0 Å². The maximum Gasteiger partial charge on any atom is 0.263 e. The number of hydrogen-bond acceptors (Lipinski definition) is 2. The fourth-order valence-electron chi connectivity index (χ4n) is 1.84. The second-order valence-electron chi connectivity index (χ2n) is 4.59. The standard InChI is InChI=1S/C15H17F2NS/c1-10-3-8-14(19-10)11(2)18-9-12-4-6-13(7-5-12)15(16)17/h3-8,11,15,18H,9H2,1-2H3. The smallest absolute Gasteiger partial charge is 0.263 e. The van der Waals surface area contributed by atoms with E-state index in [4.69, 9.17) is 0 Å². The highest BCUT2D eigenvalue weighted by atomic mass is 32.1. The van der Waals surface area contributed by atoms with Crippen molar-refractivity contribution in [2.75, 3.05) is 0 Å². The third kappa shape index (κ3) is 3.85. The Bertz CT molecular complexity index is 519. The van der Waals surface area contributed by atoms with Crippen molar-refractivity contribution in [3.63, 3.8) is 0 Å². The maximum absolute atomic E-state index is 12.4. The van der Waals surface area contributed by atoms with E-state index in [0.717, 1.165) is 5.56 Å². The van der Waals surface area contributed by atoms with Crippen LogP contribution in [-0.2, 0) is 6.54 Å². The molecule has 1 aromatic heterocycles. The van der Waals surface area contributed by atoms with E-state index < -0.39 is 6.43 Å². The average molecular weight is 281 g/mol. The number of hydrogen-bond donors (Lipinski definition) is 1. The molecule has 2 rings (SSSR count). The third-order valence-electron chi connectivity index (χ3n) is 3.03. The fraction of sp³-hybridized carbons (Fsp3) is 0.333. The van der Waals surface area contributed by atoms with Gasteiger partial charge in [-0.15, -0.1) is 11.3 Å². The number of nitrogens with one attached hydrogen (secondary N) is 1. The first-order valence-corrected chi connectivity index (χ1v) is 7.04. The van der Waals surface area contributed by atoms with Crippen molar-refractivity contribution in [1.82, 2.24) is 5.32 Å². The second-order valence-corrected chi connectivity index (χ2v) is 5.91. The van der Waals surface area contributed by atoms with Crippen molar-refractivity contribution < 1.29 is 8.78 Å². The number of aryl methyl sites for hydroxylation is 1. The molecular formula is C15H17F2NS. The van der Waals surface area contributed by atoms with E-state index in [1.807, 2.05) is 0 Å². The topological polar surface area (TPSA) is 12.0 Å². The van der Waals surface area contributed by atoms with Gasteiger partial charge in [-0.2, -0.15) is 0 Å². The van der Waals surface area contributed by atoms with Gasteiger partial charge in [0.25, 0.3) is 6.43 Å². The summed E-state index contributed by atoms with van der Waals surface area (Å²) in [4.78, 5) is 2.59. The lowest BCUT2D eigenvalue weighted by Gasteiger charge is -2.12. The van der Waals surface area contributed by atoms with Gasteiger partial charge in [0, 0.05) is 27.9 Å². The lowest BCUT2D eigenvalue weighted by atomic mass is 10.1. The molecule has 0 aliphatic rings. The lowest BCUT2D eigenvalue weighted by Crippen LogP contribution is -2.17. The van der Waals surface area contributed by atoms with Crippen LogP contribution in [0.15, 0.2) is 36.4 Å². The minimum Gasteiger partial charge on any atom is -0.305 e. The van der Waals surface area contributed by atoms with Crippen LogP contribution in [-0.4, -0.2) is 0 Å². The molecule has 0 spiro atoms. The predicted molar refractivity (Wildman–Crippen MR) is 75.7 cm³/mol. The number of halogens is 2. The lowest BCUT2D eigenvalue weighted by molar-refractivity contribution is 0.151. The molecule has 1 N–H and O–H groups in total. The first kappa shape index (κ1) is 14.2. The summed E-state index contributed by atoms with van der Waals surface area (Å²) in [5.41, 5.74) is 1.09. The Kier molecular flexibility index (Phi) is 4.66. The van der Waals surface area contributed by atoms with Crippen molar-refractivity contribution in [3.05, 3.63) is 57.3 Å². The molecule has 0 saturated heterocycles. The minimum absolute atomic E-state index is 0.0747. The molecule has 0 fully saturated rings. The zero-order valence-electron chi connectivity index (χ0n) is 11.0. The highest BCUT2D eigenvalue weighted by Gasteiger charge is 2.08. The monoisotopic (exact) mass is 281 g/mol. The summed E-state index contributed by atoms with van der Waals surface area (Å²) in [6.45, 7) is 4.88. The van der Waals surface area contributed by atoms with Crippen LogP contribution < -0.4 is 5.32 Å². The molecule has 1 nitrogen and oxygen atoms in total. The zero-order chi connectivity index (χ0) is 13.8. The van der Waals surface area contributed by atoms with Crippen LogP contribution in [0.3, 0.4) is 0 Å². The van der Waals surface area contributed by atoms with Crippen LogP contribution >= 0.6 is 11.3 Å². The minimum atomic E-state index is -2.39.